The van der Waals surface area contributed by atoms with Gasteiger partial charge in [-0.25, -0.2) is 0 Å². The van der Waals surface area contributed by atoms with Gasteiger partial charge in [-0.2, -0.15) is 4.98 Å². The van der Waals surface area contributed by atoms with Crippen molar-refractivity contribution in [3.05, 3.63) is 11.7 Å². The Bertz CT molecular complexity index is 344. The Balaban J connectivity index is 1.91. The quantitative estimate of drug-likeness (QED) is 0.775. The molecule has 6 nitrogen and oxygen atoms in total. The first-order chi connectivity index (χ1) is 8.83. The average Bonchev–Trinajstić information content (AvgIpc) is 2.98. The summed E-state index contributed by atoms with van der Waals surface area (Å²) < 4.78 is 15.8. The molecular weight excluding hydrogens is 234 g/mol. The van der Waals surface area contributed by atoms with Crippen molar-refractivity contribution in [2.45, 2.75) is 31.7 Å². The lowest BCUT2D eigenvalue weighted by molar-refractivity contribution is 0.162. The molecule has 1 aromatic rings. The molecule has 1 N–H and O–H groups in total. The standard InChI is InChI=1S/C12H21N3O3/c1-3-13-10(8-16-2)6-11-14-12(15-18-11)9-4-5-17-7-9/h9-10,13H,3-8H2,1-2H3. The Morgan fingerprint density at radius 1 is 1.56 bits per heavy atom. The van der Waals surface area contributed by atoms with Gasteiger partial charge < -0.3 is 19.3 Å². The summed E-state index contributed by atoms with van der Waals surface area (Å²) in [5.74, 6) is 1.73. The Morgan fingerprint density at radius 3 is 3.11 bits per heavy atom. The molecule has 0 aliphatic carbocycles. The number of nitrogens with one attached hydrogen (secondary N) is 1. The lowest BCUT2D eigenvalue weighted by Crippen LogP contribution is -2.35. The molecule has 1 fully saturated rings. The van der Waals surface area contributed by atoms with E-state index in [2.05, 4.69) is 22.4 Å². The molecule has 0 radical (unpaired) electrons. The highest BCUT2D eigenvalue weighted by molar-refractivity contribution is 4.98. The van der Waals surface area contributed by atoms with E-state index in [9.17, 15) is 0 Å². The fourth-order valence-corrected chi connectivity index (χ4v) is 2.15. The molecule has 2 atom stereocenters. The van der Waals surface area contributed by atoms with Crippen molar-refractivity contribution in [3.63, 3.8) is 0 Å². The summed E-state index contributed by atoms with van der Waals surface area (Å²) in [6, 6.07) is 0.216. The zero-order valence-corrected chi connectivity index (χ0v) is 11.0. The first-order valence-electron chi connectivity index (χ1n) is 6.46. The SMILES string of the molecule is CCNC(COC)Cc1nc(C2CCOC2)no1. The second-order valence-electron chi connectivity index (χ2n) is 4.52. The summed E-state index contributed by atoms with van der Waals surface area (Å²) in [5, 5.41) is 7.37. The van der Waals surface area contributed by atoms with E-state index in [0.717, 1.165) is 25.4 Å². The number of methoxy groups -OCH3 is 1. The van der Waals surface area contributed by atoms with Gasteiger partial charge in [0.25, 0.3) is 0 Å². The first-order valence-corrected chi connectivity index (χ1v) is 6.46. The zero-order chi connectivity index (χ0) is 12.8. The number of nitrogens with zero attached hydrogens (tertiary/aromatic N) is 2. The Hall–Kier alpha value is -0.980. The lowest BCUT2D eigenvalue weighted by Gasteiger charge is -2.14. The molecule has 2 heterocycles. The van der Waals surface area contributed by atoms with Crippen molar-refractivity contribution in [3.8, 4) is 0 Å². The van der Waals surface area contributed by atoms with Gasteiger partial charge in [-0.15, -0.1) is 0 Å². The minimum absolute atomic E-state index is 0.216. The molecule has 2 rings (SSSR count). The normalized spacial score (nSPS) is 21.3. The summed E-state index contributed by atoms with van der Waals surface area (Å²) >= 11 is 0. The number of ether oxygens (including phenoxy) is 2. The summed E-state index contributed by atoms with van der Waals surface area (Å²) in [6.45, 7) is 5.09. The largest absolute Gasteiger partial charge is 0.383 e. The minimum atomic E-state index is 0.216. The van der Waals surface area contributed by atoms with Crippen LogP contribution in [-0.2, 0) is 15.9 Å². The summed E-state index contributed by atoms with van der Waals surface area (Å²) in [6.07, 6.45) is 1.68. The van der Waals surface area contributed by atoms with Gasteiger partial charge in [0, 0.05) is 32.1 Å². The molecule has 1 aliphatic heterocycles. The molecule has 1 saturated heterocycles. The number of hydrogen-bond donors (Lipinski definition) is 1. The highest BCUT2D eigenvalue weighted by atomic mass is 16.5. The third-order valence-corrected chi connectivity index (χ3v) is 3.06. The van der Waals surface area contributed by atoms with Gasteiger partial charge >= 0.3 is 0 Å². The van der Waals surface area contributed by atoms with Crippen LogP contribution in [0.1, 0.15) is 31.0 Å². The number of hydrogen-bond acceptors (Lipinski definition) is 6. The van der Waals surface area contributed by atoms with Crippen LogP contribution in [-0.4, -0.2) is 49.7 Å². The number of likely N-dealkylation sites (N-methyl/N-ethyl adjacent to an activating group) is 1. The van der Waals surface area contributed by atoms with Crippen molar-refractivity contribution >= 4 is 0 Å². The molecule has 18 heavy (non-hydrogen) atoms. The van der Waals surface area contributed by atoms with Gasteiger partial charge in [0.1, 0.15) is 0 Å². The van der Waals surface area contributed by atoms with Gasteiger partial charge in [0.15, 0.2) is 5.82 Å². The van der Waals surface area contributed by atoms with Crippen LogP contribution in [0.5, 0.6) is 0 Å². The average molecular weight is 255 g/mol. The van der Waals surface area contributed by atoms with E-state index in [1.807, 2.05) is 0 Å². The Kier molecular flexibility index (Phi) is 5.10. The minimum Gasteiger partial charge on any atom is -0.383 e. The highest BCUT2D eigenvalue weighted by Crippen LogP contribution is 2.22. The van der Waals surface area contributed by atoms with E-state index in [0.29, 0.717) is 31.4 Å². The summed E-state index contributed by atoms with van der Waals surface area (Å²) in [7, 11) is 1.69. The predicted molar refractivity (Wildman–Crippen MR) is 65.5 cm³/mol. The van der Waals surface area contributed by atoms with Gasteiger partial charge in [-0.1, -0.05) is 12.1 Å². The fraction of sp³-hybridized carbons (Fsp3) is 0.833. The molecule has 1 aliphatic rings. The van der Waals surface area contributed by atoms with Crippen molar-refractivity contribution in [2.75, 3.05) is 33.5 Å². The molecule has 0 saturated carbocycles. The van der Waals surface area contributed by atoms with Crippen molar-refractivity contribution in [1.29, 1.82) is 0 Å². The third kappa shape index (κ3) is 3.51. The van der Waals surface area contributed by atoms with Crippen LogP contribution >= 0.6 is 0 Å². The van der Waals surface area contributed by atoms with E-state index in [1.54, 1.807) is 7.11 Å². The van der Waals surface area contributed by atoms with Gasteiger partial charge in [-0.3, -0.25) is 0 Å². The van der Waals surface area contributed by atoms with Crippen LogP contribution < -0.4 is 5.32 Å². The molecule has 0 spiro atoms. The maximum absolute atomic E-state index is 5.32. The molecule has 102 valence electrons. The molecule has 1 aromatic heterocycles. The topological polar surface area (TPSA) is 69.4 Å². The van der Waals surface area contributed by atoms with Crippen LogP contribution in [0.4, 0.5) is 0 Å². The van der Waals surface area contributed by atoms with Crippen LogP contribution in [0.25, 0.3) is 0 Å². The molecule has 0 amide bonds. The molecule has 0 aromatic carbocycles. The molecule has 2 unspecified atom stereocenters. The van der Waals surface area contributed by atoms with E-state index < -0.39 is 0 Å². The van der Waals surface area contributed by atoms with Crippen molar-refractivity contribution in [1.82, 2.24) is 15.5 Å². The molecule has 0 bridgehead atoms. The second kappa shape index (κ2) is 6.82. The third-order valence-electron chi connectivity index (χ3n) is 3.06. The van der Waals surface area contributed by atoms with Crippen molar-refractivity contribution in [2.24, 2.45) is 0 Å². The Labute approximate surface area is 107 Å². The van der Waals surface area contributed by atoms with Gasteiger partial charge in [-0.05, 0) is 13.0 Å². The first kappa shape index (κ1) is 13.5. The molecule has 6 heteroatoms. The summed E-state index contributed by atoms with van der Waals surface area (Å²) in [5.41, 5.74) is 0. The second-order valence-corrected chi connectivity index (χ2v) is 4.52. The van der Waals surface area contributed by atoms with Crippen LogP contribution in [0, 0.1) is 0 Å². The molecular formula is C12H21N3O3. The van der Waals surface area contributed by atoms with E-state index >= 15 is 0 Å². The zero-order valence-electron chi connectivity index (χ0n) is 11.0. The lowest BCUT2D eigenvalue weighted by atomic mass is 10.1. The number of rotatable bonds is 7. The van der Waals surface area contributed by atoms with Crippen molar-refractivity contribution < 1.29 is 14.0 Å². The number of aromatic nitrogens is 2. The van der Waals surface area contributed by atoms with E-state index in [-0.39, 0.29) is 6.04 Å². The Morgan fingerprint density at radius 2 is 2.44 bits per heavy atom. The van der Waals surface area contributed by atoms with Crippen LogP contribution in [0.3, 0.4) is 0 Å². The van der Waals surface area contributed by atoms with Crippen LogP contribution in [0.2, 0.25) is 0 Å². The monoisotopic (exact) mass is 255 g/mol. The summed E-state index contributed by atoms with van der Waals surface area (Å²) in [4.78, 5) is 4.44. The predicted octanol–water partition coefficient (Wildman–Crippen LogP) is 0.740. The van der Waals surface area contributed by atoms with Gasteiger partial charge in [0.05, 0.1) is 13.2 Å². The smallest absolute Gasteiger partial charge is 0.228 e. The maximum atomic E-state index is 5.32. The van der Waals surface area contributed by atoms with Crippen LogP contribution in [0.15, 0.2) is 4.52 Å². The van der Waals surface area contributed by atoms with Gasteiger partial charge in [0.2, 0.25) is 5.89 Å². The van der Waals surface area contributed by atoms with E-state index in [4.69, 9.17) is 14.0 Å². The maximum Gasteiger partial charge on any atom is 0.228 e. The van der Waals surface area contributed by atoms with E-state index in [1.165, 1.54) is 0 Å². The fourth-order valence-electron chi connectivity index (χ4n) is 2.15. The highest BCUT2D eigenvalue weighted by Gasteiger charge is 2.23.